The summed E-state index contributed by atoms with van der Waals surface area (Å²) in [5.74, 6) is 1.65. The highest BCUT2D eigenvalue weighted by Crippen LogP contribution is 2.40. The lowest BCUT2D eigenvalue weighted by atomic mass is 10.1. The second kappa shape index (κ2) is 8.37. The maximum atomic E-state index is 6.49. The third-order valence-electron chi connectivity index (χ3n) is 5.45. The number of hydrogen-bond donors (Lipinski definition) is 1. The molecule has 4 heterocycles. The molecule has 0 saturated carbocycles. The first kappa shape index (κ1) is 19.5. The minimum atomic E-state index is 0.186. The smallest absolute Gasteiger partial charge is 0.191 e. The van der Waals surface area contributed by atoms with Crippen LogP contribution in [0.4, 0.5) is 5.69 Å². The molecule has 1 atom stereocenters. The molecular weight excluding hydrogens is 414 g/mol. The number of ether oxygens (including phenoxy) is 1. The highest BCUT2D eigenvalue weighted by atomic mass is 32.2. The zero-order valence-corrected chi connectivity index (χ0v) is 18.4. The van der Waals surface area contributed by atoms with E-state index in [-0.39, 0.29) is 6.10 Å². The molecule has 4 aromatic rings. The number of aryl methyl sites for hydroxylation is 1. The van der Waals surface area contributed by atoms with E-state index in [1.165, 1.54) is 11.1 Å². The Morgan fingerprint density at radius 1 is 1.23 bits per heavy atom. The van der Waals surface area contributed by atoms with Crippen LogP contribution in [0.5, 0.6) is 0 Å². The molecule has 0 amide bonds. The second-order valence-electron chi connectivity index (χ2n) is 7.47. The molecule has 8 heteroatoms. The number of benzene rings is 1. The molecule has 30 heavy (non-hydrogen) atoms. The van der Waals surface area contributed by atoms with Gasteiger partial charge in [-0.05, 0) is 43.0 Å². The molecule has 0 aliphatic carbocycles. The average molecular weight is 438 g/mol. The summed E-state index contributed by atoms with van der Waals surface area (Å²) in [4.78, 5) is 6.31. The Morgan fingerprint density at radius 3 is 2.93 bits per heavy atom. The van der Waals surface area contributed by atoms with Crippen LogP contribution < -0.4 is 5.73 Å². The van der Waals surface area contributed by atoms with Gasteiger partial charge in [-0.25, -0.2) is 4.98 Å². The third-order valence-corrected chi connectivity index (χ3v) is 7.59. The van der Waals surface area contributed by atoms with Crippen molar-refractivity contribution >= 4 is 39.0 Å². The Labute approximate surface area is 183 Å². The molecule has 5 rings (SSSR count). The number of pyridine rings is 1. The van der Waals surface area contributed by atoms with Crippen molar-refractivity contribution in [1.29, 1.82) is 0 Å². The van der Waals surface area contributed by atoms with E-state index >= 15 is 0 Å². The Bertz CT molecular complexity index is 1180. The van der Waals surface area contributed by atoms with Crippen molar-refractivity contribution < 1.29 is 4.74 Å². The summed E-state index contributed by atoms with van der Waals surface area (Å²) in [6.45, 7) is 3.70. The highest BCUT2D eigenvalue weighted by molar-refractivity contribution is 7.98. The molecule has 0 bridgehead atoms. The van der Waals surface area contributed by atoms with Crippen LogP contribution in [-0.4, -0.2) is 32.5 Å². The number of thioether (sulfide) groups is 1. The predicted octanol–water partition coefficient (Wildman–Crippen LogP) is 4.92. The summed E-state index contributed by atoms with van der Waals surface area (Å²) in [6, 6.07) is 12.4. The lowest BCUT2D eigenvalue weighted by molar-refractivity contribution is 0.0953. The van der Waals surface area contributed by atoms with Gasteiger partial charge in [0.25, 0.3) is 0 Å². The number of nitrogen functional groups attached to an aromatic ring is 1. The molecule has 0 radical (unpaired) electrons. The number of thiophene rings is 1. The fourth-order valence-corrected chi connectivity index (χ4v) is 5.83. The first-order valence-electron chi connectivity index (χ1n) is 10.1. The van der Waals surface area contributed by atoms with Gasteiger partial charge >= 0.3 is 0 Å². The van der Waals surface area contributed by atoms with Crippen molar-refractivity contribution in [3.63, 3.8) is 0 Å². The van der Waals surface area contributed by atoms with Crippen molar-refractivity contribution in [3.8, 4) is 10.7 Å². The SMILES string of the molecule is Cc1ccccc1CSc1nnc(-c2sc3ncccc3c2N)n1C[C@H]1CCCO1. The molecule has 1 aliphatic heterocycles. The number of hydrogen-bond acceptors (Lipinski definition) is 7. The molecule has 1 aliphatic rings. The van der Waals surface area contributed by atoms with Crippen molar-refractivity contribution in [1.82, 2.24) is 19.7 Å². The van der Waals surface area contributed by atoms with Gasteiger partial charge in [0, 0.05) is 23.9 Å². The normalized spacial score (nSPS) is 16.5. The van der Waals surface area contributed by atoms with E-state index < -0.39 is 0 Å². The second-order valence-corrected chi connectivity index (χ2v) is 9.41. The molecule has 3 aromatic heterocycles. The fraction of sp³-hybridized carbons (Fsp3) is 0.318. The minimum absolute atomic E-state index is 0.186. The summed E-state index contributed by atoms with van der Waals surface area (Å²) in [6.07, 6.45) is 4.14. The Kier molecular flexibility index (Phi) is 5.45. The van der Waals surface area contributed by atoms with E-state index in [2.05, 4.69) is 50.9 Å². The maximum absolute atomic E-state index is 6.49. The molecule has 0 unspecified atom stereocenters. The van der Waals surface area contributed by atoms with Gasteiger partial charge in [0.05, 0.1) is 23.2 Å². The first-order valence-corrected chi connectivity index (χ1v) is 11.9. The minimum Gasteiger partial charge on any atom is -0.397 e. The molecule has 1 saturated heterocycles. The van der Waals surface area contributed by atoms with E-state index in [4.69, 9.17) is 10.5 Å². The summed E-state index contributed by atoms with van der Waals surface area (Å²) in [5, 5.41) is 11.0. The van der Waals surface area contributed by atoms with Crippen molar-refractivity contribution in [2.24, 2.45) is 0 Å². The van der Waals surface area contributed by atoms with Crippen molar-refractivity contribution in [3.05, 3.63) is 53.7 Å². The highest BCUT2D eigenvalue weighted by Gasteiger charge is 2.24. The lowest BCUT2D eigenvalue weighted by Crippen LogP contribution is -2.16. The summed E-state index contributed by atoms with van der Waals surface area (Å²) >= 11 is 3.28. The van der Waals surface area contributed by atoms with Crippen LogP contribution in [0.2, 0.25) is 0 Å². The Hall–Kier alpha value is -2.42. The van der Waals surface area contributed by atoms with Gasteiger partial charge in [-0.2, -0.15) is 0 Å². The van der Waals surface area contributed by atoms with Crippen LogP contribution >= 0.6 is 23.1 Å². The van der Waals surface area contributed by atoms with E-state index in [0.29, 0.717) is 0 Å². The van der Waals surface area contributed by atoms with E-state index in [9.17, 15) is 0 Å². The van der Waals surface area contributed by atoms with Crippen LogP contribution in [0.3, 0.4) is 0 Å². The van der Waals surface area contributed by atoms with Gasteiger partial charge in [0.15, 0.2) is 11.0 Å². The Morgan fingerprint density at radius 2 is 2.13 bits per heavy atom. The number of nitrogens with zero attached hydrogens (tertiary/aromatic N) is 4. The molecule has 0 spiro atoms. The van der Waals surface area contributed by atoms with Gasteiger partial charge in [0.2, 0.25) is 0 Å². The first-order chi connectivity index (χ1) is 14.7. The monoisotopic (exact) mass is 437 g/mol. The van der Waals surface area contributed by atoms with Crippen molar-refractivity contribution in [2.75, 3.05) is 12.3 Å². The number of nitrogens with two attached hydrogens (primary N) is 1. The van der Waals surface area contributed by atoms with Gasteiger partial charge in [-0.15, -0.1) is 21.5 Å². The predicted molar refractivity (Wildman–Crippen MR) is 123 cm³/mol. The zero-order valence-electron chi connectivity index (χ0n) is 16.7. The molecular formula is C22H23N5OS2. The van der Waals surface area contributed by atoms with Crippen LogP contribution in [-0.2, 0) is 17.0 Å². The van der Waals surface area contributed by atoms with E-state index in [1.807, 2.05) is 12.1 Å². The molecule has 1 fully saturated rings. The van der Waals surface area contributed by atoms with Crippen LogP contribution in [0.1, 0.15) is 24.0 Å². The number of rotatable bonds is 6. The van der Waals surface area contributed by atoms with Crippen LogP contribution in [0, 0.1) is 6.92 Å². The summed E-state index contributed by atoms with van der Waals surface area (Å²) in [5.41, 5.74) is 9.81. The summed E-state index contributed by atoms with van der Waals surface area (Å²) < 4.78 is 8.10. The lowest BCUT2D eigenvalue weighted by Gasteiger charge is -2.14. The maximum Gasteiger partial charge on any atom is 0.191 e. The molecule has 6 nitrogen and oxygen atoms in total. The summed E-state index contributed by atoms with van der Waals surface area (Å²) in [7, 11) is 0. The number of aromatic nitrogens is 4. The van der Waals surface area contributed by atoms with Crippen molar-refractivity contribution in [2.45, 2.75) is 43.3 Å². The quantitative estimate of drug-likeness (QED) is 0.432. The topological polar surface area (TPSA) is 78.9 Å². The number of anilines is 1. The molecule has 2 N–H and O–H groups in total. The van der Waals surface area contributed by atoms with Crippen LogP contribution in [0.25, 0.3) is 20.9 Å². The third kappa shape index (κ3) is 3.71. The number of fused-ring (bicyclic) bond motifs is 1. The largest absolute Gasteiger partial charge is 0.397 e. The molecule has 154 valence electrons. The van der Waals surface area contributed by atoms with E-state index in [0.717, 1.165) is 63.5 Å². The molecule has 1 aromatic carbocycles. The zero-order chi connectivity index (χ0) is 20.5. The fourth-order valence-electron chi connectivity index (χ4n) is 3.75. The van der Waals surface area contributed by atoms with Crippen LogP contribution in [0.15, 0.2) is 47.8 Å². The Balaban J connectivity index is 1.51. The van der Waals surface area contributed by atoms with E-state index in [1.54, 1.807) is 29.3 Å². The average Bonchev–Trinajstić information content (AvgIpc) is 3.48. The van der Waals surface area contributed by atoms with Gasteiger partial charge in [-0.3, -0.25) is 4.57 Å². The standard InChI is InChI=1S/C22H23N5OS2/c1-14-6-2-3-7-15(14)13-29-22-26-25-20(27(22)12-16-8-5-11-28-16)19-18(23)17-9-4-10-24-21(17)30-19/h2-4,6-7,9-10,16H,5,8,11-13,23H2,1H3/t16-/m1/s1. The van der Waals surface area contributed by atoms with Gasteiger partial charge < -0.3 is 10.5 Å². The van der Waals surface area contributed by atoms with Gasteiger partial charge in [-0.1, -0.05) is 36.0 Å². The van der Waals surface area contributed by atoms with Gasteiger partial charge in [0.1, 0.15) is 4.83 Å².